The van der Waals surface area contributed by atoms with Gasteiger partial charge in [-0.05, 0) is 25.2 Å². The molecule has 1 heterocycles. The third-order valence-corrected chi connectivity index (χ3v) is 5.00. The maximum atomic E-state index is 9.80. The van der Waals surface area contributed by atoms with E-state index in [2.05, 4.69) is 19.2 Å². The van der Waals surface area contributed by atoms with Crippen LogP contribution in [0.25, 0.3) is 0 Å². The van der Waals surface area contributed by atoms with E-state index in [9.17, 15) is 10.2 Å². The third-order valence-electron chi connectivity index (χ3n) is 5.00. The summed E-state index contributed by atoms with van der Waals surface area (Å²) in [4.78, 5) is 0. The van der Waals surface area contributed by atoms with Gasteiger partial charge in [0, 0.05) is 6.04 Å². The van der Waals surface area contributed by atoms with Gasteiger partial charge in [-0.15, -0.1) is 0 Å². The van der Waals surface area contributed by atoms with Crippen molar-refractivity contribution >= 4 is 0 Å². The Hall–Kier alpha value is -0.160. The minimum Gasteiger partial charge on any atom is -0.395 e. The molecule has 0 aromatic rings. The first-order valence-corrected chi connectivity index (χ1v) is 9.77. The number of hydrogen-bond donors (Lipinski definition) is 4. The van der Waals surface area contributed by atoms with Crippen LogP contribution < -0.4 is 5.32 Å². The summed E-state index contributed by atoms with van der Waals surface area (Å²) in [6, 6.07) is 0.100. The Kier molecular flexibility index (Phi) is 11.1. The van der Waals surface area contributed by atoms with Crippen LogP contribution in [-0.2, 0) is 0 Å². The minimum atomic E-state index is -0.356. The van der Waals surface area contributed by atoms with Crippen LogP contribution >= 0.6 is 0 Å². The van der Waals surface area contributed by atoms with E-state index in [0.717, 1.165) is 32.1 Å². The molecule has 0 bridgehead atoms. The van der Waals surface area contributed by atoms with Crippen molar-refractivity contribution in [1.29, 1.82) is 0 Å². The van der Waals surface area contributed by atoms with Gasteiger partial charge in [0.05, 0.1) is 24.9 Å². The minimum absolute atomic E-state index is 0.0339. The maximum Gasteiger partial charge on any atom is 0.0868 e. The molecule has 3 unspecified atom stereocenters. The lowest BCUT2D eigenvalue weighted by atomic mass is 9.89. The molecular formula is C19H39NO3. The van der Waals surface area contributed by atoms with Crippen molar-refractivity contribution in [2.24, 2.45) is 5.92 Å². The second-order valence-corrected chi connectivity index (χ2v) is 7.74. The quantitative estimate of drug-likeness (QED) is 0.370. The van der Waals surface area contributed by atoms with Crippen molar-refractivity contribution in [3.63, 3.8) is 0 Å². The molecule has 1 aliphatic rings. The molecule has 4 nitrogen and oxygen atoms in total. The molecule has 1 fully saturated rings. The van der Waals surface area contributed by atoms with Gasteiger partial charge >= 0.3 is 0 Å². The van der Waals surface area contributed by atoms with Gasteiger partial charge in [0.2, 0.25) is 0 Å². The predicted octanol–water partition coefficient (Wildman–Crippen LogP) is 2.99. The highest BCUT2D eigenvalue weighted by atomic mass is 16.3. The number of nitrogens with one attached hydrogen (secondary N) is 1. The van der Waals surface area contributed by atoms with Gasteiger partial charge in [0.25, 0.3) is 0 Å². The zero-order valence-corrected chi connectivity index (χ0v) is 15.2. The lowest BCUT2D eigenvalue weighted by Crippen LogP contribution is -2.66. The highest BCUT2D eigenvalue weighted by molar-refractivity contribution is 4.97. The predicted molar refractivity (Wildman–Crippen MR) is 95.4 cm³/mol. The van der Waals surface area contributed by atoms with E-state index in [-0.39, 0.29) is 30.9 Å². The molecule has 0 saturated carbocycles. The number of hydrogen-bond acceptors (Lipinski definition) is 4. The molecule has 1 saturated heterocycles. The average molecular weight is 330 g/mol. The van der Waals surface area contributed by atoms with Gasteiger partial charge in [-0.3, -0.25) is 0 Å². The second-order valence-electron chi connectivity index (χ2n) is 7.74. The number of unbranched alkanes of at least 4 members (excludes halogenated alkanes) is 7. The van der Waals surface area contributed by atoms with E-state index < -0.39 is 0 Å². The highest BCUT2D eigenvalue weighted by Gasteiger charge is 2.37. The molecule has 0 spiro atoms. The average Bonchev–Trinajstić information content (AvgIpc) is 2.50. The highest BCUT2D eigenvalue weighted by Crippen LogP contribution is 2.19. The molecule has 1 aliphatic heterocycles. The van der Waals surface area contributed by atoms with Crippen molar-refractivity contribution in [2.45, 2.75) is 109 Å². The van der Waals surface area contributed by atoms with Gasteiger partial charge in [-0.1, -0.05) is 65.2 Å². The van der Waals surface area contributed by atoms with Gasteiger partial charge < -0.3 is 20.6 Å². The Morgan fingerprint density at radius 2 is 1.43 bits per heavy atom. The summed E-state index contributed by atoms with van der Waals surface area (Å²) >= 11 is 0. The summed E-state index contributed by atoms with van der Waals surface area (Å²) in [6.07, 6.45) is 12.4. The summed E-state index contributed by atoms with van der Waals surface area (Å²) in [7, 11) is 0. The molecule has 0 radical (unpaired) electrons. The largest absolute Gasteiger partial charge is 0.395 e. The van der Waals surface area contributed by atoms with E-state index in [1.54, 1.807) is 0 Å². The molecule has 138 valence electrons. The number of aliphatic hydroxyl groups excluding tert-OH is 3. The van der Waals surface area contributed by atoms with Crippen molar-refractivity contribution in [2.75, 3.05) is 6.61 Å². The molecule has 4 N–H and O–H groups in total. The fraction of sp³-hybridized carbons (Fsp3) is 1.00. The van der Waals surface area contributed by atoms with Crippen molar-refractivity contribution < 1.29 is 15.3 Å². The monoisotopic (exact) mass is 329 g/mol. The third kappa shape index (κ3) is 9.04. The Labute approximate surface area is 142 Å². The fourth-order valence-corrected chi connectivity index (χ4v) is 3.52. The summed E-state index contributed by atoms with van der Waals surface area (Å²) in [5.41, 5.74) is 0. The molecule has 0 aromatic carbocycles. The zero-order valence-electron chi connectivity index (χ0n) is 15.2. The van der Waals surface area contributed by atoms with Crippen LogP contribution in [0.1, 0.15) is 84.5 Å². The van der Waals surface area contributed by atoms with Crippen LogP contribution in [0.4, 0.5) is 0 Å². The molecule has 0 amide bonds. The Balaban J connectivity index is 1.78. The molecular weight excluding hydrogens is 290 g/mol. The summed E-state index contributed by atoms with van der Waals surface area (Å²) in [6.45, 7) is 4.36. The summed E-state index contributed by atoms with van der Waals surface area (Å²) in [5, 5.41) is 31.7. The molecule has 4 heteroatoms. The smallest absolute Gasteiger partial charge is 0.0868 e. The molecule has 1 rings (SSSR count). The maximum absolute atomic E-state index is 9.80. The van der Waals surface area contributed by atoms with E-state index in [0.29, 0.717) is 5.92 Å². The van der Waals surface area contributed by atoms with Gasteiger partial charge in [0.1, 0.15) is 0 Å². The van der Waals surface area contributed by atoms with E-state index in [1.807, 2.05) is 0 Å². The van der Waals surface area contributed by atoms with E-state index >= 15 is 0 Å². The van der Waals surface area contributed by atoms with Gasteiger partial charge in [-0.25, -0.2) is 0 Å². The Morgan fingerprint density at radius 3 is 1.96 bits per heavy atom. The Bertz CT molecular complexity index is 286. The SMILES string of the molecule is CC(C)CC(O)CCCCCCCCCCC1N[C@@H](CO)C1O. The number of rotatable bonds is 14. The van der Waals surface area contributed by atoms with E-state index in [1.165, 1.54) is 38.5 Å². The summed E-state index contributed by atoms with van der Waals surface area (Å²) in [5.74, 6) is 0.593. The second kappa shape index (κ2) is 12.2. The van der Waals surface area contributed by atoms with Crippen molar-refractivity contribution in [3.8, 4) is 0 Å². The normalized spacial score (nSPS) is 25.6. The first kappa shape index (κ1) is 20.9. The van der Waals surface area contributed by atoms with Gasteiger partial charge in [0.15, 0.2) is 0 Å². The molecule has 0 aromatic heterocycles. The van der Waals surface area contributed by atoms with Crippen LogP contribution in [0.3, 0.4) is 0 Å². The molecule has 23 heavy (non-hydrogen) atoms. The first-order chi connectivity index (χ1) is 11.0. The lowest BCUT2D eigenvalue weighted by Gasteiger charge is -2.42. The zero-order chi connectivity index (χ0) is 17.1. The van der Waals surface area contributed by atoms with Crippen LogP contribution in [0.15, 0.2) is 0 Å². The molecule has 4 atom stereocenters. The van der Waals surface area contributed by atoms with Crippen molar-refractivity contribution in [3.05, 3.63) is 0 Å². The lowest BCUT2D eigenvalue weighted by molar-refractivity contribution is -0.0192. The Morgan fingerprint density at radius 1 is 0.870 bits per heavy atom. The molecule has 0 aliphatic carbocycles. The van der Waals surface area contributed by atoms with Crippen LogP contribution in [0, 0.1) is 5.92 Å². The standard InChI is InChI=1S/C19H39NO3/c1-15(2)13-16(22)11-9-7-5-3-4-6-8-10-12-17-19(23)18(14-21)20-17/h15-23H,3-14H2,1-2H3/t16?,17?,18-,19?/m0/s1. The first-order valence-electron chi connectivity index (χ1n) is 9.77. The van der Waals surface area contributed by atoms with Crippen molar-refractivity contribution in [1.82, 2.24) is 5.32 Å². The van der Waals surface area contributed by atoms with Crippen LogP contribution in [-0.4, -0.2) is 46.2 Å². The van der Waals surface area contributed by atoms with Crippen LogP contribution in [0.2, 0.25) is 0 Å². The van der Waals surface area contributed by atoms with Gasteiger partial charge in [-0.2, -0.15) is 0 Å². The summed E-state index contributed by atoms with van der Waals surface area (Å²) < 4.78 is 0. The fourth-order valence-electron chi connectivity index (χ4n) is 3.52. The topological polar surface area (TPSA) is 72.7 Å². The van der Waals surface area contributed by atoms with Crippen LogP contribution in [0.5, 0.6) is 0 Å². The van der Waals surface area contributed by atoms with E-state index in [4.69, 9.17) is 5.11 Å². The number of aliphatic hydroxyl groups is 3.